The van der Waals surface area contributed by atoms with Gasteiger partial charge in [-0.3, -0.25) is 4.79 Å². The number of carbonyl (C=O) groups is 1. The minimum atomic E-state index is -0.717. The van der Waals surface area contributed by atoms with Crippen LogP contribution in [0.25, 0.3) is 0 Å². The van der Waals surface area contributed by atoms with Crippen LogP contribution in [0.15, 0.2) is 23.5 Å². The molecule has 1 amide bonds. The number of primary amides is 1. The van der Waals surface area contributed by atoms with E-state index in [1.165, 1.54) is 6.08 Å². The van der Waals surface area contributed by atoms with Gasteiger partial charge < -0.3 is 15.5 Å². The molecule has 0 rings (SSSR count). The molecule has 0 unspecified atom stereocenters. The Bertz CT molecular complexity index is 324. The molecule has 0 aliphatic carbocycles. The fourth-order valence-electron chi connectivity index (χ4n) is 1.03. The van der Waals surface area contributed by atoms with Crippen molar-refractivity contribution in [2.75, 3.05) is 28.2 Å². The molecule has 0 heterocycles. The van der Waals surface area contributed by atoms with Gasteiger partial charge in [-0.25, -0.2) is 0 Å². The molecular formula is C10H16N4O. The summed E-state index contributed by atoms with van der Waals surface area (Å²) >= 11 is 0. The highest BCUT2D eigenvalue weighted by Crippen LogP contribution is 2.03. The van der Waals surface area contributed by atoms with Crippen LogP contribution in [0, 0.1) is 11.3 Å². The summed E-state index contributed by atoms with van der Waals surface area (Å²) in [6, 6.07) is 1.74. The first-order valence-electron chi connectivity index (χ1n) is 4.36. The van der Waals surface area contributed by atoms with Crippen molar-refractivity contribution in [3.8, 4) is 6.07 Å². The van der Waals surface area contributed by atoms with Crippen molar-refractivity contribution in [1.82, 2.24) is 9.80 Å². The molecule has 0 spiro atoms. The van der Waals surface area contributed by atoms with Crippen LogP contribution in [-0.4, -0.2) is 43.9 Å². The molecule has 82 valence electrons. The molecule has 0 saturated heterocycles. The van der Waals surface area contributed by atoms with E-state index in [4.69, 9.17) is 11.0 Å². The third-order valence-corrected chi connectivity index (χ3v) is 1.70. The topological polar surface area (TPSA) is 73.4 Å². The average molecular weight is 208 g/mol. The molecule has 0 aliphatic heterocycles. The molecule has 0 aliphatic rings. The van der Waals surface area contributed by atoms with Crippen LogP contribution < -0.4 is 5.73 Å². The SMILES string of the molecule is CN(C)C(=C/C=C(\C#N)C(N)=O)N(C)C. The van der Waals surface area contributed by atoms with Crippen LogP contribution in [0.3, 0.4) is 0 Å². The Morgan fingerprint density at radius 2 is 1.67 bits per heavy atom. The summed E-state index contributed by atoms with van der Waals surface area (Å²) in [7, 11) is 7.48. The quantitative estimate of drug-likeness (QED) is 0.397. The molecule has 0 bridgehead atoms. The molecular weight excluding hydrogens is 192 g/mol. The maximum Gasteiger partial charge on any atom is 0.259 e. The number of amides is 1. The van der Waals surface area contributed by atoms with Crippen molar-refractivity contribution in [3.63, 3.8) is 0 Å². The van der Waals surface area contributed by atoms with Crippen LogP contribution in [0.2, 0.25) is 0 Å². The lowest BCUT2D eigenvalue weighted by atomic mass is 10.2. The second kappa shape index (κ2) is 5.70. The van der Waals surface area contributed by atoms with E-state index in [-0.39, 0.29) is 5.57 Å². The van der Waals surface area contributed by atoms with Gasteiger partial charge in [-0.2, -0.15) is 5.26 Å². The van der Waals surface area contributed by atoms with Gasteiger partial charge in [0.05, 0.1) is 0 Å². The summed E-state index contributed by atoms with van der Waals surface area (Å²) in [4.78, 5) is 14.5. The summed E-state index contributed by atoms with van der Waals surface area (Å²) in [5, 5.41) is 8.61. The Balaban J connectivity index is 5.02. The molecule has 0 fully saturated rings. The number of hydrogen-bond donors (Lipinski definition) is 1. The van der Waals surface area contributed by atoms with Gasteiger partial charge in [-0.1, -0.05) is 0 Å². The van der Waals surface area contributed by atoms with E-state index >= 15 is 0 Å². The minimum Gasteiger partial charge on any atom is -0.365 e. The molecule has 0 radical (unpaired) electrons. The smallest absolute Gasteiger partial charge is 0.259 e. The Morgan fingerprint density at radius 1 is 1.20 bits per heavy atom. The van der Waals surface area contributed by atoms with Crippen LogP contribution in [0.5, 0.6) is 0 Å². The van der Waals surface area contributed by atoms with Gasteiger partial charge in [0.15, 0.2) is 0 Å². The normalized spacial score (nSPS) is 10.2. The van der Waals surface area contributed by atoms with Crippen molar-refractivity contribution in [2.45, 2.75) is 0 Å². The summed E-state index contributed by atoms with van der Waals surface area (Å²) in [5.41, 5.74) is 4.94. The molecule has 5 heteroatoms. The lowest BCUT2D eigenvalue weighted by Gasteiger charge is -2.24. The number of carbonyl (C=O) groups excluding carboxylic acids is 1. The lowest BCUT2D eigenvalue weighted by molar-refractivity contribution is -0.114. The predicted molar refractivity (Wildman–Crippen MR) is 58.3 cm³/mol. The zero-order valence-electron chi connectivity index (χ0n) is 9.48. The molecule has 0 saturated carbocycles. The first-order valence-corrected chi connectivity index (χ1v) is 4.36. The highest BCUT2D eigenvalue weighted by Gasteiger charge is 2.03. The Morgan fingerprint density at radius 3 is 1.93 bits per heavy atom. The Labute approximate surface area is 90.1 Å². The minimum absolute atomic E-state index is 0.0591. The maximum absolute atomic E-state index is 10.8. The highest BCUT2D eigenvalue weighted by atomic mass is 16.1. The number of nitrogens with zero attached hydrogens (tertiary/aromatic N) is 3. The van der Waals surface area contributed by atoms with Crippen molar-refractivity contribution in [2.24, 2.45) is 5.73 Å². The van der Waals surface area contributed by atoms with E-state index in [2.05, 4.69) is 0 Å². The molecule has 0 aromatic carbocycles. The Hall–Kier alpha value is -1.96. The monoisotopic (exact) mass is 208 g/mol. The number of rotatable bonds is 4. The van der Waals surface area contributed by atoms with Gasteiger partial charge in [0.25, 0.3) is 5.91 Å². The molecule has 0 aromatic rings. The second-order valence-electron chi connectivity index (χ2n) is 3.37. The van der Waals surface area contributed by atoms with Gasteiger partial charge in [0.1, 0.15) is 17.5 Å². The molecule has 0 aromatic heterocycles. The van der Waals surface area contributed by atoms with Gasteiger partial charge >= 0.3 is 0 Å². The van der Waals surface area contributed by atoms with Gasteiger partial charge in [0.2, 0.25) is 0 Å². The number of nitriles is 1. The third kappa shape index (κ3) is 4.18. The average Bonchev–Trinajstić information content (AvgIpc) is 2.10. The van der Waals surface area contributed by atoms with Crippen molar-refractivity contribution < 1.29 is 4.79 Å². The van der Waals surface area contributed by atoms with Gasteiger partial charge in [-0.05, 0) is 12.2 Å². The van der Waals surface area contributed by atoms with Crippen LogP contribution >= 0.6 is 0 Å². The second-order valence-corrected chi connectivity index (χ2v) is 3.37. The summed E-state index contributed by atoms with van der Waals surface area (Å²) in [6.45, 7) is 0. The van der Waals surface area contributed by atoms with E-state index in [0.29, 0.717) is 0 Å². The number of nitrogens with two attached hydrogens (primary N) is 1. The molecule has 0 atom stereocenters. The van der Waals surface area contributed by atoms with E-state index < -0.39 is 5.91 Å². The maximum atomic E-state index is 10.8. The summed E-state index contributed by atoms with van der Waals surface area (Å²) in [5.74, 6) is 0.148. The van der Waals surface area contributed by atoms with E-state index in [1.807, 2.05) is 38.0 Å². The summed E-state index contributed by atoms with van der Waals surface area (Å²) in [6.07, 6.45) is 3.08. The molecule has 15 heavy (non-hydrogen) atoms. The highest BCUT2D eigenvalue weighted by molar-refractivity contribution is 5.96. The zero-order valence-corrected chi connectivity index (χ0v) is 9.48. The summed E-state index contributed by atoms with van der Waals surface area (Å²) < 4.78 is 0. The fourth-order valence-corrected chi connectivity index (χ4v) is 1.03. The largest absolute Gasteiger partial charge is 0.365 e. The third-order valence-electron chi connectivity index (χ3n) is 1.70. The lowest BCUT2D eigenvalue weighted by Crippen LogP contribution is -2.24. The standard InChI is InChI=1S/C10H16N4O/c1-13(2)9(14(3)4)6-5-8(7-11)10(12)15/h5-6H,1-4H3,(H2,12,15)/b8-5+. The van der Waals surface area contributed by atoms with Crippen LogP contribution in [0.4, 0.5) is 0 Å². The number of hydrogen-bond acceptors (Lipinski definition) is 4. The molecule has 5 nitrogen and oxygen atoms in total. The fraction of sp³-hybridized carbons (Fsp3) is 0.400. The van der Waals surface area contributed by atoms with Crippen molar-refractivity contribution in [3.05, 3.63) is 23.5 Å². The first kappa shape index (κ1) is 13.0. The molecule has 2 N–H and O–H groups in total. The van der Waals surface area contributed by atoms with Crippen LogP contribution in [0.1, 0.15) is 0 Å². The Kier molecular flexibility index (Phi) is 4.96. The number of allylic oxidation sites excluding steroid dienone is 2. The van der Waals surface area contributed by atoms with E-state index in [0.717, 1.165) is 5.82 Å². The predicted octanol–water partition coefficient (Wildman–Crippen LogP) is -0.114. The van der Waals surface area contributed by atoms with Crippen molar-refractivity contribution >= 4 is 5.91 Å². The zero-order chi connectivity index (χ0) is 12.0. The van der Waals surface area contributed by atoms with Crippen LogP contribution in [-0.2, 0) is 4.79 Å². The van der Waals surface area contributed by atoms with Gasteiger partial charge in [-0.15, -0.1) is 0 Å². The van der Waals surface area contributed by atoms with Gasteiger partial charge in [0, 0.05) is 28.2 Å². The first-order chi connectivity index (χ1) is 6.90. The van der Waals surface area contributed by atoms with Crippen molar-refractivity contribution in [1.29, 1.82) is 5.26 Å². The van der Waals surface area contributed by atoms with E-state index in [1.54, 1.807) is 12.1 Å². The van der Waals surface area contributed by atoms with E-state index in [9.17, 15) is 4.79 Å².